The molecule has 0 unspecified atom stereocenters. The number of hydrogen-bond acceptors (Lipinski definition) is 7. The molecule has 5 rings (SSSR count). The van der Waals surface area contributed by atoms with E-state index in [1.54, 1.807) is 48.5 Å². The zero-order chi connectivity index (χ0) is 32.1. The van der Waals surface area contributed by atoms with Crippen LogP contribution in [0.3, 0.4) is 0 Å². The molecule has 0 aliphatic carbocycles. The van der Waals surface area contributed by atoms with Crippen molar-refractivity contribution < 1.29 is 32.2 Å². The average molecular weight is 617 g/mol. The van der Waals surface area contributed by atoms with Gasteiger partial charge in [-0.2, -0.15) is 22.9 Å². The molecule has 0 fully saturated rings. The fourth-order valence-corrected chi connectivity index (χ4v) is 4.53. The minimum Gasteiger partial charge on any atom is -0.493 e. The largest absolute Gasteiger partial charge is 0.493 e. The number of amides is 1. The molecule has 45 heavy (non-hydrogen) atoms. The molecular weight excluding hydrogens is 589 g/mol. The van der Waals surface area contributed by atoms with Crippen LogP contribution in [0, 0.1) is 6.92 Å². The first-order valence-electron chi connectivity index (χ1n) is 13.6. The van der Waals surface area contributed by atoms with Gasteiger partial charge in [-0.3, -0.25) is 9.59 Å². The van der Waals surface area contributed by atoms with Gasteiger partial charge in [-0.25, -0.2) is 4.98 Å². The number of benzene rings is 4. The Morgan fingerprint density at radius 3 is 2.33 bits per heavy atom. The summed E-state index contributed by atoms with van der Waals surface area (Å²) in [5.74, 6) is 0.0957. The summed E-state index contributed by atoms with van der Waals surface area (Å²) in [6.45, 7) is 1.53. The van der Waals surface area contributed by atoms with Crippen LogP contribution in [0.15, 0.2) is 94.8 Å². The molecule has 1 amide bonds. The number of nitrogens with zero attached hydrogens (tertiary/aromatic N) is 3. The number of alkyl halides is 3. The van der Waals surface area contributed by atoms with Crippen molar-refractivity contribution in [3.8, 4) is 28.6 Å². The summed E-state index contributed by atoms with van der Waals surface area (Å²) in [4.78, 5) is 30.6. The predicted octanol–water partition coefficient (Wildman–Crippen LogP) is 6.31. The van der Waals surface area contributed by atoms with E-state index in [0.717, 1.165) is 22.4 Å². The summed E-state index contributed by atoms with van der Waals surface area (Å²) in [6, 6.07) is 21.4. The Labute approximate surface area is 255 Å². The van der Waals surface area contributed by atoms with Gasteiger partial charge >= 0.3 is 6.18 Å². The number of rotatable bonds is 9. The second-order valence-electron chi connectivity index (χ2n) is 9.80. The highest BCUT2D eigenvalue weighted by Gasteiger charge is 2.31. The van der Waals surface area contributed by atoms with Crippen molar-refractivity contribution in [3.05, 3.63) is 112 Å². The fraction of sp³-hybridized carbons (Fsp3) is 0.152. The smallest absolute Gasteiger partial charge is 0.416 e. The van der Waals surface area contributed by atoms with Crippen LogP contribution in [-0.2, 0) is 11.0 Å². The lowest BCUT2D eigenvalue weighted by Gasteiger charge is -2.16. The van der Waals surface area contributed by atoms with E-state index >= 15 is 0 Å². The second kappa shape index (κ2) is 12.9. The van der Waals surface area contributed by atoms with Gasteiger partial charge in [0.25, 0.3) is 11.5 Å². The van der Waals surface area contributed by atoms with Gasteiger partial charge in [-0.15, -0.1) is 0 Å². The molecule has 0 aliphatic rings. The zero-order valence-electron chi connectivity index (χ0n) is 24.4. The highest BCUT2D eigenvalue weighted by Crippen LogP contribution is 2.38. The van der Waals surface area contributed by atoms with Gasteiger partial charge in [0.2, 0.25) is 5.75 Å². The van der Waals surface area contributed by atoms with Crippen LogP contribution in [0.25, 0.3) is 22.3 Å². The molecule has 9 nitrogen and oxygen atoms in total. The number of aryl methyl sites for hydroxylation is 1. The van der Waals surface area contributed by atoms with Gasteiger partial charge in [0.15, 0.2) is 23.9 Å². The minimum absolute atomic E-state index is 0.0488. The molecule has 0 atom stereocenters. The van der Waals surface area contributed by atoms with E-state index in [1.807, 2.05) is 19.1 Å². The Morgan fingerprint density at radius 2 is 1.64 bits per heavy atom. The Hall–Kier alpha value is -5.65. The Bertz CT molecular complexity index is 1950. The van der Waals surface area contributed by atoms with E-state index < -0.39 is 23.2 Å². The molecule has 1 aromatic heterocycles. The van der Waals surface area contributed by atoms with Crippen LogP contribution in [0.4, 0.5) is 18.9 Å². The van der Waals surface area contributed by atoms with Crippen molar-refractivity contribution in [3.63, 3.8) is 0 Å². The van der Waals surface area contributed by atoms with Crippen LogP contribution in [0.5, 0.6) is 17.2 Å². The number of halogens is 3. The summed E-state index contributed by atoms with van der Waals surface area (Å²) >= 11 is 0. The third-order valence-corrected chi connectivity index (χ3v) is 6.77. The summed E-state index contributed by atoms with van der Waals surface area (Å²) in [5.41, 5.74) is 0.820. The van der Waals surface area contributed by atoms with Gasteiger partial charge in [-0.1, -0.05) is 42.5 Å². The molecule has 4 aromatic carbocycles. The van der Waals surface area contributed by atoms with Crippen LogP contribution in [-0.4, -0.2) is 42.6 Å². The topological polar surface area (TPSA) is 104 Å². The first-order valence-corrected chi connectivity index (χ1v) is 13.6. The van der Waals surface area contributed by atoms with E-state index in [-0.39, 0.29) is 40.6 Å². The molecule has 0 radical (unpaired) electrons. The SMILES string of the molecule is COc1cc(C=Nn2c(-c3cccc(C(F)(F)F)c3)nc3ccccc3c2=O)cc(OC)c1OCC(=O)Nc1ccccc1C. The van der Waals surface area contributed by atoms with Crippen molar-refractivity contribution in [1.29, 1.82) is 0 Å². The Morgan fingerprint density at radius 1 is 0.956 bits per heavy atom. The zero-order valence-corrected chi connectivity index (χ0v) is 24.4. The van der Waals surface area contributed by atoms with E-state index in [4.69, 9.17) is 14.2 Å². The van der Waals surface area contributed by atoms with Crippen molar-refractivity contribution in [2.75, 3.05) is 26.1 Å². The molecule has 0 saturated heterocycles. The van der Waals surface area contributed by atoms with Crippen LogP contribution >= 0.6 is 0 Å². The van der Waals surface area contributed by atoms with Gasteiger partial charge in [0.1, 0.15) is 0 Å². The third-order valence-electron chi connectivity index (χ3n) is 6.77. The predicted molar refractivity (Wildman–Crippen MR) is 164 cm³/mol. The van der Waals surface area contributed by atoms with E-state index in [2.05, 4.69) is 15.4 Å². The first kappa shape index (κ1) is 30.8. The summed E-state index contributed by atoms with van der Waals surface area (Å²) in [6.07, 6.45) is -3.28. The quantitative estimate of drug-likeness (QED) is 0.195. The van der Waals surface area contributed by atoms with E-state index in [0.29, 0.717) is 16.8 Å². The van der Waals surface area contributed by atoms with Crippen LogP contribution < -0.4 is 25.1 Å². The normalized spacial score (nSPS) is 11.5. The maximum atomic E-state index is 13.5. The monoisotopic (exact) mass is 616 g/mol. The molecule has 230 valence electrons. The summed E-state index contributed by atoms with van der Waals surface area (Å²) in [5, 5.41) is 7.34. The molecule has 0 saturated carbocycles. The fourth-order valence-electron chi connectivity index (χ4n) is 4.53. The third kappa shape index (κ3) is 6.80. The number of methoxy groups -OCH3 is 2. The number of nitrogens with one attached hydrogen (secondary N) is 1. The van der Waals surface area contributed by atoms with Gasteiger partial charge in [0.05, 0.1) is 36.9 Å². The lowest BCUT2D eigenvalue weighted by atomic mass is 10.1. The van der Waals surface area contributed by atoms with Crippen molar-refractivity contribution >= 4 is 28.7 Å². The van der Waals surface area contributed by atoms with Gasteiger partial charge in [-0.05, 0) is 55.0 Å². The van der Waals surface area contributed by atoms with Gasteiger partial charge < -0.3 is 19.5 Å². The molecule has 0 aliphatic heterocycles. The molecule has 12 heteroatoms. The van der Waals surface area contributed by atoms with Crippen LogP contribution in [0.2, 0.25) is 0 Å². The highest BCUT2D eigenvalue weighted by atomic mass is 19.4. The van der Waals surface area contributed by atoms with Crippen molar-refractivity contribution in [2.45, 2.75) is 13.1 Å². The minimum atomic E-state index is -4.60. The number of para-hydroxylation sites is 2. The number of carbonyl (C=O) groups excluding carboxylic acids is 1. The number of carbonyl (C=O) groups is 1. The summed E-state index contributed by atoms with van der Waals surface area (Å²) in [7, 11) is 2.80. The molecule has 0 bridgehead atoms. The van der Waals surface area contributed by atoms with Crippen molar-refractivity contribution in [2.24, 2.45) is 5.10 Å². The van der Waals surface area contributed by atoms with Gasteiger partial charge in [0, 0.05) is 16.8 Å². The number of hydrogen-bond donors (Lipinski definition) is 1. The molecule has 5 aromatic rings. The maximum absolute atomic E-state index is 13.5. The number of anilines is 1. The Kier molecular flexibility index (Phi) is 8.84. The van der Waals surface area contributed by atoms with E-state index in [9.17, 15) is 22.8 Å². The van der Waals surface area contributed by atoms with E-state index in [1.165, 1.54) is 32.6 Å². The second-order valence-corrected chi connectivity index (χ2v) is 9.80. The van der Waals surface area contributed by atoms with Crippen LogP contribution in [0.1, 0.15) is 16.7 Å². The van der Waals surface area contributed by atoms with Crippen molar-refractivity contribution in [1.82, 2.24) is 9.66 Å². The molecule has 1 heterocycles. The Balaban J connectivity index is 1.50. The maximum Gasteiger partial charge on any atom is 0.416 e. The number of fused-ring (bicyclic) bond motifs is 1. The molecular formula is C33H27F3N4O5. The average Bonchev–Trinajstić information content (AvgIpc) is 3.03. The lowest BCUT2D eigenvalue weighted by Crippen LogP contribution is -2.21. The number of aromatic nitrogens is 2. The number of ether oxygens (including phenoxy) is 3. The first-order chi connectivity index (χ1) is 21.6. The summed E-state index contributed by atoms with van der Waals surface area (Å²) < 4.78 is 58.2. The standard InChI is InChI=1S/C33H27F3N4O5/c1-20-9-4-6-13-25(20)38-29(41)19-45-30-27(43-2)15-21(16-28(30)44-3)18-37-40-31(22-10-8-11-23(17-22)33(34,35)36)39-26-14-7-5-12-24(26)32(40)42/h4-18H,19H2,1-3H3,(H,38,41). The lowest BCUT2D eigenvalue weighted by molar-refractivity contribution is -0.137. The molecule has 1 N–H and O–H groups in total. The highest BCUT2D eigenvalue weighted by molar-refractivity contribution is 5.92. The molecule has 0 spiro atoms.